The van der Waals surface area contributed by atoms with Crippen LogP contribution in [0.3, 0.4) is 0 Å². The molecule has 0 unspecified atom stereocenters. The van der Waals surface area contributed by atoms with E-state index in [0.717, 1.165) is 11.3 Å². The van der Waals surface area contributed by atoms with E-state index in [1.54, 1.807) is 10.7 Å². The smallest absolute Gasteiger partial charge is 0.309 e. The molecule has 0 bridgehead atoms. The Kier molecular flexibility index (Phi) is 6.03. The molecule has 4 rings (SSSR count). The first-order chi connectivity index (χ1) is 15.6. The molecule has 0 atom stereocenters. The van der Waals surface area contributed by atoms with E-state index in [-0.39, 0.29) is 18.1 Å². The Morgan fingerprint density at radius 3 is 2.25 bits per heavy atom. The van der Waals surface area contributed by atoms with Gasteiger partial charge in [-0.05, 0) is 24.3 Å². The van der Waals surface area contributed by atoms with Crippen molar-refractivity contribution in [3.8, 4) is 17.1 Å². The lowest BCUT2D eigenvalue weighted by Crippen LogP contribution is -2.46. The highest BCUT2D eigenvalue weighted by Crippen LogP contribution is 2.20. The molecule has 2 heterocycles. The number of hydrogen-bond acceptors (Lipinski definition) is 6. The predicted octanol–water partition coefficient (Wildman–Crippen LogP) is 1.72. The number of aromatic nitrogens is 3. The average molecular weight is 430 g/mol. The van der Waals surface area contributed by atoms with Gasteiger partial charge in [-0.15, -0.1) is 5.10 Å². The molecular weight excluding hydrogens is 412 g/mol. The zero-order valence-corrected chi connectivity index (χ0v) is 16.7. The Morgan fingerprint density at radius 1 is 0.844 bits per heavy atom. The third kappa shape index (κ3) is 4.70. The van der Waals surface area contributed by atoms with Crippen molar-refractivity contribution >= 4 is 17.7 Å². The lowest BCUT2D eigenvalue weighted by molar-refractivity contribution is -0.120. The van der Waals surface area contributed by atoms with Gasteiger partial charge in [-0.1, -0.05) is 48.5 Å². The molecule has 0 spiro atoms. The fourth-order valence-electron chi connectivity index (χ4n) is 2.81. The molecule has 10 nitrogen and oxygen atoms in total. The average Bonchev–Trinajstić information content (AvgIpc) is 3.53. The lowest BCUT2D eigenvalue weighted by atomic mass is 10.2. The monoisotopic (exact) mass is 430 g/mol. The summed E-state index contributed by atoms with van der Waals surface area (Å²) in [6, 6.07) is 21.6. The summed E-state index contributed by atoms with van der Waals surface area (Å²) in [4.78, 5) is 40.6. The van der Waals surface area contributed by atoms with Gasteiger partial charge in [0.1, 0.15) is 0 Å². The van der Waals surface area contributed by atoms with Crippen molar-refractivity contribution in [1.82, 2.24) is 30.9 Å². The summed E-state index contributed by atoms with van der Waals surface area (Å²) in [5.74, 6) is -1.48. The van der Waals surface area contributed by atoms with Crippen LogP contribution in [0.5, 0.6) is 0 Å². The van der Waals surface area contributed by atoms with Crippen LogP contribution in [0.4, 0.5) is 0 Å². The molecule has 32 heavy (non-hydrogen) atoms. The van der Waals surface area contributed by atoms with E-state index in [9.17, 15) is 14.4 Å². The summed E-state index contributed by atoms with van der Waals surface area (Å²) >= 11 is 0. The van der Waals surface area contributed by atoms with Crippen LogP contribution in [0, 0.1) is 0 Å². The molecule has 2 aromatic heterocycles. The van der Waals surface area contributed by atoms with E-state index >= 15 is 0 Å². The van der Waals surface area contributed by atoms with Crippen LogP contribution in [-0.4, -0.2) is 39.0 Å². The van der Waals surface area contributed by atoms with E-state index in [0.29, 0.717) is 5.82 Å². The summed E-state index contributed by atoms with van der Waals surface area (Å²) in [5, 5.41) is 6.68. The lowest BCUT2D eigenvalue weighted by Gasteiger charge is -2.06. The van der Waals surface area contributed by atoms with Gasteiger partial charge in [0.2, 0.25) is 5.82 Å². The molecule has 0 radical (unpaired) electrons. The molecule has 3 N–H and O–H groups in total. The molecular formula is C22H18N6O4. The number of para-hydroxylation sites is 1. The maximum atomic E-state index is 12.5. The summed E-state index contributed by atoms with van der Waals surface area (Å²) < 4.78 is 6.49. The Morgan fingerprint density at radius 2 is 1.56 bits per heavy atom. The number of hydrazine groups is 1. The van der Waals surface area contributed by atoms with E-state index in [1.807, 2.05) is 60.7 Å². The van der Waals surface area contributed by atoms with Crippen LogP contribution in [0.1, 0.15) is 21.2 Å². The Balaban J connectivity index is 1.44. The van der Waals surface area contributed by atoms with Gasteiger partial charge >= 0.3 is 5.91 Å². The minimum absolute atomic E-state index is 0.0749. The third-order valence-electron chi connectivity index (χ3n) is 4.31. The fraction of sp³-hybridized carbons (Fsp3) is 0.0455. The number of rotatable bonds is 6. The molecule has 0 aliphatic heterocycles. The largest absolute Gasteiger partial charge is 0.459 e. The van der Waals surface area contributed by atoms with E-state index < -0.39 is 17.7 Å². The molecule has 0 aliphatic rings. The molecule has 2 aromatic carbocycles. The van der Waals surface area contributed by atoms with Gasteiger partial charge in [-0.3, -0.25) is 25.2 Å². The van der Waals surface area contributed by atoms with Crippen molar-refractivity contribution in [3.63, 3.8) is 0 Å². The second-order valence-electron chi connectivity index (χ2n) is 6.53. The standard InChI is InChI=1S/C22H18N6O4/c29-18(14-23-21(30)17-12-7-13-32-17)25-26-22(31)19-24-20(15-8-3-1-4-9-15)28(27-19)16-10-5-2-6-11-16/h1-13H,14H2,(H,23,30)(H,25,29)(H,26,31). The number of furan rings is 1. The van der Waals surface area contributed by atoms with E-state index in [1.165, 1.54) is 12.3 Å². The quantitative estimate of drug-likeness (QED) is 0.399. The fourth-order valence-corrected chi connectivity index (χ4v) is 2.81. The van der Waals surface area contributed by atoms with Crippen LogP contribution < -0.4 is 16.2 Å². The van der Waals surface area contributed by atoms with Gasteiger partial charge in [-0.2, -0.15) is 0 Å². The molecule has 160 valence electrons. The molecule has 0 aliphatic carbocycles. The second-order valence-corrected chi connectivity index (χ2v) is 6.53. The SMILES string of the molecule is O=C(CNC(=O)c1ccco1)NNC(=O)c1nc(-c2ccccc2)n(-c2ccccc2)n1. The van der Waals surface area contributed by atoms with Crippen LogP contribution >= 0.6 is 0 Å². The number of nitrogens with one attached hydrogen (secondary N) is 3. The minimum Gasteiger partial charge on any atom is -0.459 e. The Labute approximate surface area is 182 Å². The number of nitrogens with zero attached hydrogens (tertiary/aromatic N) is 3. The van der Waals surface area contributed by atoms with Crippen molar-refractivity contribution in [3.05, 3.63) is 90.6 Å². The zero-order chi connectivity index (χ0) is 22.3. The molecule has 4 aromatic rings. The molecule has 0 fully saturated rings. The first-order valence-electron chi connectivity index (χ1n) is 9.60. The highest BCUT2D eigenvalue weighted by Gasteiger charge is 2.19. The summed E-state index contributed by atoms with van der Waals surface area (Å²) in [6.07, 6.45) is 1.35. The number of benzene rings is 2. The Bertz CT molecular complexity index is 1160. The molecule has 10 heteroatoms. The van der Waals surface area contributed by atoms with Crippen LogP contribution in [-0.2, 0) is 4.79 Å². The Hall–Kier alpha value is -4.73. The maximum absolute atomic E-state index is 12.5. The van der Waals surface area contributed by atoms with Gasteiger partial charge in [0, 0.05) is 5.56 Å². The molecule has 3 amide bonds. The van der Waals surface area contributed by atoms with Gasteiger partial charge < -0.3 is 9.73 Å². The number of carbonyl (C=O) groups excluding carboxylic acids is 3. The first-order valence-corrected chi connectivity index (χ1v) is 9.60. The number of amides is 3. The summed E-state index contributed by atoms with van der Waals surface area (Å²) in [5.41, 5.74) is 5.96. The topological polar surface area (TPSA) is 131 Å². The van der Waals surface area contributed by atoms with Crippen LogP contribution in [0.25, 0.3) is 17.1 Å². The predicted molar refractivity (Wildman–Crippen MR) is 113 cm³/mol. The summed E-state index contributed by atoms with van der Waals surface area (Å²) in [6.45, 7) is -0.360. The van der Waals surface area contributed by atoms with Gasteiger partial charge in [-0.25, -0.2) is 9.67 Å². The maximum Gasteiger partial charge on any atom is 0.309 e. The summed E-state index contributed by atoms with van der Waals surface area (Å²) in [7, 11) is 0. The second kappa shape index (κ2) is 9.39. The third-order valence-corrected chi connectivity index (χ3v) is 4.31. The zero-order valence-electron chi connectivity index (χ0n) is 16.7. The minimum atomic E-state index is -0.706. The van der Waals surface area contributed by atoms with E-state index in [4.69, 9.17) is 4.42 Å². The molecule has 0 saturated carbocycles. The van der Waals surface area contributed by atoms with Crippen LogP contribution in [0.2, 0.25) is 0 Å². The van der Waals surface area contributed by atoms with Crippen molar-refractivity contribution in [2.24, 2.45) is 0 Å². The normalized spacial score (nSPS) is 10.4. The van der Waals surface area contributed by atoms with Crippen molar-refractivity contribution in [2.75, 3.05) is 6.54 Å². The van der Waals surface area contributed by atoms with Crippen LogP contribution in [0.15, 0.2) is 83.5 Å². The highest BCUT2D eigenvalue weighted by atomic mass is 16.3. The van der Waals surface area contributed by atoms with Crippen molar-refractivity contribution in [1.29, 1.82) is 0 Å². The van der Waals surface area contributed by atoms with Crippen molar-refractivity contribution < 1.29 is 18.8 Å². The van der Waals surface area contributed by atoms with Gasteiger partial charge in [0.15, 0.2) is 11.6 Å². The molecule has 0 saturated heterocycles. The first kappa shape index (κ1) is 20.5. The highest BCUT2D eigenvalue weighted by molar-refractivity contribution is 5.95. The van der Waals surface area contributed by atoms with Gasteiger partial charge in [0.25, 0.3) is 11.8 Å². The number of carbonyl (C=O) groups is 3. The number of hydrogen-bond donors (Lipinski definition) is 3. The van der Waals surface area contributed by atoms with Gasteiger partial charge in [0.05, 0.1) is 18.5 Å². The van der Waals surface area contributed by atoms with E-state index in [2.05, 4.69) is 26.3 Å². The van der Waals surface area contributed by atoms with Crippen molar-refractivity contribution in [2.45, 2.75) is 0 Å².